The Bertz CT molecular complexity index is 749. The predicted molar refractivity (Wildman–Crippen MR) is 97.0 cm³/mol. The number of carbonyl (C=O) groups excluding carboxylic acids is 1. The first-order valence-corrected chi connectivity index (χ1v) is 8.47. The number of nitrogens with one attached hydrogen (secondary N) is 1. The fourth-order valence-corrected chi connectivity index (χ4v) is 2.61. The van der Waals surface area contributed by atoms with Crippen molar-refractivity contribution in [2.75, 3.05) is 6.54 Å². The number of hydrogen-bond acceptors (Lipinski definition) is 5. The van der Waals surface area contributed by atoms with Gasteiger partial charge in [0.25, 0.3) is 5.91 Å². The molecule has 2 rings (SSSR count). The summed E-state index contributed by atoms with van der Waals surface area (Å²) in [6, 6.07) is 7.43. The van der Waals surface area contributed by atoms with Crippen LogP contribution in [0.2, 0.25) is 0 Å². The lowest BCUT2D eigenvalue weighted by molar-refractivity contribution is -0.129. The van der Waals surface area contributed by atoms with Crippen LogP contribution in [0.5, 0.6) is 5.75 Å². The van der Waals surface area contributed by atoms with Crippen molar-refractivity contribution in [3.05, 3.63) is 39.8 Å². The second kappa shape index (κ2) is 7.70. The molecule has 0 radical (unpaired) electrons. The summed E-state index contributed by atoms with van der Waals surface area (Å²) in [5, 5.41) is 6.57. The molecule has 0 aliphatic carbocycles. The number of carbonyl (C=O) groups is 1. The summed E-state index contributed by atoms with van der Waals surface area (Å²) < 4.78 is 6.71. The van der Waals surface area contributed by atoms with Gasteiger partial charge >= 0.3 is 0 Å². The molecular weight excluding hydrogens is 374 g/mol. The second-order valence-electron chi connectivity index (χ2n) is 6.18. The van der Waals surface area contributed by atoms with Crippen molar-refractivity contribution < 1.29 is 9.53 Å². The molecule has 0 aliphatic heterocycles. The van der Waals surface area contributed by atoms with E-state index in [1.54, 1.807) is 26.1 Å². The highest BCUT2D eigenvalue weighted by Gasteiger charge is 2.26. The maximum atomic E-state index is 12.4. The molecule has 0 spiro atoms. The molecule has 1 N–H and O–H groups in total. The highest BCUT2D eigenvalue weighted by Crippen LogP contribution is 2.23. The molecule has 1 unspecified atom stereocenters. The number of aromatic nitrogens is 1. The number of halogens is 1. The number of hydrogen-bond donors (Lipinski definition) is 1. The summed E-state index contributed by atoms with van der Waals surface area (Å²) in [5.41, 5.74) is 0.148. The van der Waals surface area contributed by atoms with E-state index in [9.17, 15) is 9.70 Å². The van der Waals surface area contributed by atoms with Gasteiger partial charge in [0.2, 0.25) is 0 Å². The number of rotatable bonds is 7. The van der Waals surface area contributed by atoms with Crippen molar-refractivity contribution in [2.24, 2.45) is 5.18 Å². The van der Waals surface area contributed by atoms with E-state index < -0.39 is 11.6 Å². The number of amides is 1. The van der Waals surface area contributed by atoms with Crippen molar-refractivity contribution in [1.29, 1.82) is 0 Å². The van der Waals surface area contributed by atoms with E-state index in [-0.39, 0.29) is 12.5 Å². The van der Waals surface area contributed by atoms with Crippen LogP contribution in [0.3, 0.4) is 0 Å². The molecule has 0 saturated heterocycles. The standard InChI is InChI=1S/C17H20BrN3O3/c1-4-15(16(22)21-17(2,3)10-20-23)24-13-5-6-14-11(8-13)7-12(18)9-19-14/h5-9,15H,4,10H2,1-3H3,(H,21,22). The van der Waals surface area contributed by atoms with Gasteiger partial charge in [-0.3, -0.25) is 9.78 Å². The number of ether oxygens (including phenoxy) is 1. The van der Waals surface area contributed by atoms with Gasteiger partial charge < -0.3 is 10.1 Å². The van der Waals surface area contributed by atoms with Gasteiger partial charge in [-0.1, -0.05) is 12.1 Å². The Kier molecular flexibility index (Phi) is 5.88. The van der Waals surface area contributed by atoms with Crippen LogP contribution in [0.4, 0.5) is 0 Å². The summed E-state index contributed by atoms with van der Waals surface area (Å²) in [6.45, 7) is 5.37. The molecule has 0 saturated carbocycles. The monoisotopic (exact) mass is 393 g/mol. The summed E-state index contributed by atoms with van der Waals surface area (Å²) in [4.78, 5) is 27.1. The average molecular weight is 394 g/mol. The molecular formula is C17H20BrN3O3. The van der Waals surface area contributed by atoms with E-state index in [1.165, 1.54) is 0 Å². The SMILES string of the molecule is CCC(Oc1ccc2ncc(Br)cc2c1)C(=O)NC(C)(C)CN=O. The number of pyridine rings is 1. The summed E-state index contributed by atoms with van der Waals surface area (Å²) in [6.07, 6.45) is 1.59. The Morgan fingerprint density at radius 3 is 2.83 bits per heavy atom. The molecule has 0 fully saturated rings. The topological polar surface area (TPSA) is 80.7 Å². The molecule has 7 heteroatoms. The zero-order valence-corrected chi connectivity index (χ0v) is 15.5. The third-order valence-corrected chi connectivity index (χ3v) is 3.92. The Morgan fingerprint density at radius 1 is 1.42 bits per heavy atom. The van der Waals surface area contributed by atoms with E-state index in [0.717, 1.165) is 15.4 Å². The molecule has 1 atom stereocenters. The van der Waals surface area contributed by atoms with Crippen LogP contribution in [0, 0.1) is 4.91 Å². The van der Waals surface area contributed by atoms with Crippen LogP contribution in [0.25, 0.3) is 10.9 Å². The van der Waals surface area contributed by atoms with Gasteiger partial charge in [0, 0.05) is 16.1 Å². The predicted octanol–water partition coefficient (Wildman–Crippen LogP) is 3.82. The van der Waals surface area contributed by atoms with Crippen LogP contribution in [0.15, 0.2) is 40.1 Å². The third-order valence-electron chi connectivity index (χ3n) is 3.48. The van der Waals surface area contributed by atoms with E-state index in [0.29, 0.717) is 12.2 Å². The van der Waals surface area contributed by atoms with Gasteiger partial charge in [0.15, 0.2) is 6.10 Å². The molecule has 1 aromatic carbocycles. The largest absolute Gasteiger partial charge is 0.481 e. The van der Waals surface area contributed by atoms with Crippen LogP contribution in [0.1, 0.15) is 27.2 Å². The van der Waals surface area contributed by atoms with Gasteiger partial charge in [0.1, 0.15) is 12.3 Å². The van der Waals surface area contributed by atoms with Crippen molar-refractivity contribution in [3.8, 4) is 5.75 Å². The van der Waals surface area contributed by atoms with Gasteiger partial charge in [-0.05, 0) is 60.5 Å². The highest BCUT2D eigenvalue weighted by atomic mass is 79.9. The van der Waals surface area contributed by atoms with E-state index in [1.807, 2.05) is 25.1 Å². The average Bonchev–Trinajstić information content (AvgIpc) is 2.51. The fourth-order valence-electron chi connectivity index (χ4n) is 2.26. The Hall–Kier alpha value is -2.02. The first kappa shape index (κ1) is 18.3. The number of benzene rings is 1. The smallest absolute Gasteiger partial charge is 0.261 e. The second-order valence-corrected chi connectivity index (χ2v) is 7.10. The van der Waals surface area contributed by atoms with Crippen molar-refractivity contribution in [3.63, 3.8) is 0 Å². The lowest BCUT2D eigenvalue weighted by atomic mass is 10.1. The highest BCUT2D eigenvalue weighted by molar-refractivity contribution is 9.10. The molecule has 1 amide bonds. The third kappa shape index (κ3) is 4.74. The fraction of sp³-hybridized carbons (Fsp3) is 0.412. The first-order chi connectivity index (χ1) is 11.3. The molecule has 1 heterocycles. The molecule has 24 heavy (non-hydrogen) atoms. The summed E-state index contributed by atoms with van der Waals surface area (Å²) in [5.74, 6) is 0.328. The van der Waals surface area contributed by atoms with Crippen molar-refractivity contribution in [1.82, 2.24) is 10.3 Å². The Labute approximate surface area is 149 Å². The summed E-state index contributed by atoms with van der Waals surface area (Å²) >= 11 is 3.39. The normalized spacial score (nSPS) is 12.7. The minimum absolute atomic E-state index is 0.00481. The minimum Gasteiger partial charge on any atom is -0.481 e. The Morgan fingerprint density at radius 2 is 2.17 bits per heavy atom. The van der Waals surface area contributed by atoms with Gasteiger partial charge in [-0.2, -0.15) is 4.91 Å². The minimum atomic E-state index is -0.701. The molecule has 6 nitrogen and oxygen atoms in total. The summed E-state index contributed by atoms with van der Waals surface area (Å²) in [7, 11) is 0. The van der Waals surface area contributed by atoms with E-state index in [4.69, 9.17) is 4.74 Å². The molecule has 2 aromatic rings. The van der Waals surface area contributed by atoms with E-state index in [2.05, 4.69) is 31.4 Å². The lowest BCUT2D eigenvalue weighted by Crippen LogP contribution is -2.50. The molecule has 1 aromatic heterocycles. The van der Waals surface area contributed by atoms with Gasteiger partial charge in [-0.25, -0.2) is 0 Å². The van der Waals surface area contributed by atoms with Crippen LogP contribution >= 0.6 is 15.9 Å². The lowest BCUT2D eigenvalue weighted by Gasteiger charge is -2.26. The van der Waals surface area contributed by atoms with Crippen molar-refractivity contribution in [2.45, 2.75) is 38.8 Å². The van der Waals surface area contributed by atoms with Crippen LogP contribution in [-0.2, 0) is 4.79 Å². The van der Waals surface area contributed by atoms with Crippen molar-refractivity contribution >= 4 is 32.7 Å². The first-order valence-electron chi connectivity index (χ1n) is 7.68. The maximum Gasteiger partial charge on any atom is 0.261 e. The quantitative estimate of drug-likeness (QED) is 0.724. The van der Waals surface area contributed by atoms with Gasteiger partial charge in [0.05, 0.1) is 11.1 Å². The number of fused-ring (bicyclic) bond motifs is 1. The molecule has 0 bridgehead atoms. The van der Waals surface area contributed by atoms with E-state index >= 15 is 0 Å². The molecule has 128 valence electrons. The zero-order valence-electron chi connectivity index (χ0n) is 13.9. The number of nitroso groups, excluding NO2 is 1. The zero-order chi connectivity index (χ0) is 17.7. The maximum absolute atomic E-state index is 12.4. The number of nitrogens with zero attached hydrogens (tertiary/aromatic N) is 2. The molecule has 0 aliphatic rings. The van der Waals surface area contributed by atoms with Crippen LogP contribution in [-0.4, -0.2) is 29.1 Å². The Balaban J connectivity index is 2.14. The van der Waals surface area contributed by atoms with Crippen LogP contribution < -0.4 is 10.1 Å². The van der Waals surface area contributed by atoms with Gasteiger partial charge in [-0.15, -0.1) is 0 Å².